The van der Waals surface area contributed by atoms with Crippen LogP contribution in [0, 0.1) is 0 Å². The summed E-state index contributed by atoms with van der Waals surface area (Å²) in [5.41, 5.74) is 1.19. The van der Waals surface area contributed by atoms with E-state index in [-0.39, 0.29) is 0 Å². The zero-order chi connectivity index (χ0) is 10.1. The lowest BCUT2D eigenvalue weighted by molar-refractivity contribution is 1.11. The molecule has 0 bridgehead atoms. The third-order valence-electron chi connectivity index (χ3n) is 2.33. The molecule has 14 heavy (non-hydrogen) atoms. The number of rotatable bonds is 1. The quantitative estimate of drug-likeness (QED) is 0.697. The van der Waals surface area contributed by atoms with Gasteiger partial charge < -0.3 is 4.90 Å². The highest BCUT2D eigenvalue weighted by molar-refractivity contribution is 7.80. The minimum atomic E-state index is 1.02. The number of nitrogens with zero attached hydrogens (tertiary/aromatic N) is 1. The highest BCUT2D eigenvalue weighted by atomic mass is 32.1. The molecule has 0 atom stereocenters. The van der Waals surface area contributed by atoms with Crippen molar-refractivity contribution in [1.29, 1.82) is 0 Å². The molecule has 0 aliphatic rings. The van der Waals surface area contributed by atoms with Crippen LogP contribution in [0.2, 0.25) is 0 Å². The molecular weight excluding hydrogens is 190 g/mol. The number of hydrogen-bond donors (Lipinski definition) is 1. The van der Waals surface area contributed by atoms with E-state index in [4.69, 9.17) is 0 Å². The number of fused-ring (bicyclic) bond motifs is 1. The van der Waals surface area contributed by atoms with E-state index in [1.165, 1.54) is 16.5 Å². The first-order valence-electron chi connectivity index (χ1n) is 4.58. The van der Waals surface area contributed by atoms with E-state index < -0.39 is 0 Å². The van der Waals surface area contributed by atoms with Gasteiger partial charge in [-0.05, 0) is 11.5 Å². The molecule has 0 radical (unpaired) electrons. The predicted molar refractivity (Wildman–Crippen MR) is 65.5 cm³/mol. The molecule has 0 unspecified atom stereocenters. The molecule has 0 amide bonds. The van der Waals surface area contributed by atoms with Crippen LogP contribution >= 0.6 is 12.6 Å². The second-order valence-corrected chi connectivity index (χ2v) is 4.03. The molecule has 0 fully saturated rings. The topological polar surface area (TPSA) is 3.24 Å². The zero-order valence-electron chi connectivity index (χ0n) is 8.36. The summed E-state index contributed by atoms with van der Waals surface area (Å²) in [7, 11) is 4.09. The van der Waals surface area contributed by atoms with Crippen molar-refractivity contribution in [3.63, 3.8) is 0 Å². The minimum absolute atomic E-state index is 1.02. The average Bonchev–Trinajstić information content (AvgIpc) is 2.17. The zero-order valence-corrected chi connectivity index (χ0v) is 9.25. The molecule has 0 N–H and O–H groups in total. The van der Waals surface area contributed by atoms with Crippen LogP contribution in [0.5, 0.6) is 0 Å². The van der Waals surface area contributed by atoms with Crippen LogP contribution in [0.3, 0.4) is 0 Å². The molecule has 0 saturated heterocycles. The van der Waals surface area contributed by atoms with E-state index >= 15 is 0 Å². The van der Waals surface area contributed by atoms with E-state index in [1.54, 1.807) is 0 Å². The van der Waals surface area contributed by atoms with Gasteiger partial charge >= 0.3 is 0 Å². The Hall–Kier alpha value is -1.15. The van der Waals surface area contributed by atoms with Crippen molar-refractivity contribution in [3.05, 3.63) is 36.4 Å². The van der Waals surface area contributed by atoms with Gasteiger partial charge in [0.2, 0.25) is 0 Å². The molecule has 2 heteroatoms. The highest BCUT2D eigenvalue weighted by Crippen LogP contribution is 2.31. The van der Waals surface area contributed by atoms with E-state index in [0.29, 0.717) is 0 Å². The highest BCUT2D eigenvalue weighted by Gasteiger charge is 2.05. The molecular formula is C12H13NS. The van der Waals surface area contributed by atoms with Gasteiger partial charge in [-0.3, -0.25) is 0 Å². The van der Waals surface area contributed by atoms with Gasteiger partial charge in [-0.25, -0.2) is 0 Å². The van der Waals surface area contributed by atoms with Crippen LogP contribution < -0.4 is 4.90 Å². The summed E-state index contributed by atoms with van der Waals surface area (Å²) in [5.74, 6) is 0. The van der Waals surface area contributed by atoms with E-state index in [1.807, 2.05) is 20.2 Å². The van der Waals surface area contributed by atoms with Crippen molar-refractivity contribution < 1.29 is 0 Å². The molecule has 0 aliphatic carbocycles. The maximum Gasteiger partial charge on any atom is 0.0576 e. The second kappa shape index (κ2) is 3.54. The Morgan fingerprint density at radius 1 is 1.00 bits per heavy atom. The van der Waals surface area contributed by atoms with Gasteiger partial charge in [-0.1, -0.05) is 30.3 Å². The van der Waals surface area contributed by atoms with Crippen molar-refractivity contribution in [1.82, 2.24) is 0 Å². The Morgan fingerprint density at radius 2 is 1.71 bits per heavy atom. The maximum absolute atomic E-state index is 4.47. The Labute approximate surface area is 89.8 Å². The Kier molecular flexibility index (Phi) is 2.38. The lowest BCUT2D eigenvalue weighted by atomic mass is 10.1. The molecule has 0 aromatic heterocycles. The van der Waals surface area contributed by atoms with Crippen molar-refractivity contribution in [2.75, 3.05) is 19.0 Å². The summed E-state index contributed by atoms with van der Waals surface area (Å²) >= 11 is 4.47. The van der Waals surface area contributed by atoms with E-state index in [2.05, 4.69) is 47.9 Å². The van der Waals surface area contributed by atoms with Crippen LogP contribution in [0.25, 0.3) is 10.8 Å². The minimum Gasteiger partial charge on any atom is -0.376 e. The smallest absolute Gasteiger partial charge is 0.0576 e. The number of anilines is 1. The summed E-state index contributed by atoms with van der Waals surface area (Å²) in [6, 6.07) is 12.5. The molecule has 2 rings (SSSR count). The fraction of sp³-hybridized carbons (Fsp3) is 0.167. The number of hydrogen-bond acceptors (Lipinski definition) is 2. The molecule has 2 aromatic carbocycles. The van der Waals surface area contributed by atoms with Gasteiger partial charge in [0.25, 0.3) is 0 Å². The molecule has 0 saturated carbocycles. The van der Waals surface area contributed by atoms with Gasteiger partial charge in [0.15, 0.2) is 0 Å². The van der Waals surface area contributed by atoms with Crippen molar-refractivity contribution in [3.8, 4) is 0 Å². The first kappa shape index (κ1) is 9.41. The van der Waals surface area contributed by atoms with E-state index in [0.717, 1.165) is 4.90 Å². The van der Waals surface area contributed by atoms with Crippen LogP contribution in [0.15, 0.2) is 41.3 Å². The van der Waals surface area contributed by atoms with Crippen LogP contribution in [0.4, 0.5) is 5.69 Å². The summed E-state index contributed by atoms with van der Waals surface area (Å²) in [6.45, 7) is 0. The lowest BCUT2D eigenvalue weighted by Gasteiger charge is -2.17. The predicted octanol–water partition coefficient (Wildman–Crippen LogP) is 3.19. The summed E-state index contributed by atoms with van der Waals surface area (Å²) in [5, 5.41) is 2.51. The fourth-order valence-electron chi connectivity index (χ4n) is 1.71. The third-order valence-corrected chi connectivity index (χ3v) is 2.69. The van der Waals surface area contributed by atoms with Crippen molar-refractivity contribution >= 4 is 29.1 Å². The van der Waals surface area contributed by atoms with Crippen LogP contribution in [-0.4, -0.2) is 14.1 Å². The molecule has 72 valence electrons. The first-order chi connectivity index (χ1) is 6.70. The summed E-state index contributed by atoms with van der Waals surface area (Å²) < 4.78 is 0. The SMILES string of the molecule is CN(C)c1c(S)ccc2ccccc12. The van der Waals surface area contributed by atoms with Gasteiger partial charge in [0.05, 0.1) is 5.69 Å². The average molecular weight is 203 g/mol. The maximum atomic E-state index is 4.47. The van der Waals surface area contributed by atoms with Crippen molar-refractivity contribution in [2.45, 2.75) is 4.90 Å². The lowest BCUT2D eigenvalue weighted by Crippen LogP contribution is -2.09. The standard InChI is InChI=1S/C12H13NS/c1-13(2)12-10-6-4-3-5-9(10)7-8-11(12)14/h3-8,14H,1-2H3. The molecule has 2 aromatic rings. The van der Waals surface area contributed by atoms with Gasteiger partial charge in [0, 0.05) is 24.4 Å². The second-order valence-electron chi connectivity index (χ2n) is 3.55. The Morgan fingerprint density at radius 3 is 2.43 bits per heavy atom. The van der Waals surface area contributed by atoms with Crippen LogP contribution in [-0.2, 0) is 0 Å². The monoisotopic (exact) mass is 203 g/mol. The largest absolute Gasteiger partial charge is 0.376 e. The first-order valence-corrected chi connectivity index (χ1v) is 5.03. The number of thiol groups is 1. The van der Waals surface area contributed by atoms with Gasteiger partial charge in [-0.2, -0.15) is 0 Å². The van der Waals surface area contributed by atoms with Gasteiger partial charge in [-0.15, -0.1) is 12.6 Å². The normalized spacial score (nSPS) is 10.5. The number of benzene rings is 2. The van der Waals surface area contributed by atoms with Crippen molar-refractivity contribution in [2.24, 2.45) is 0 Å². The Balaban J connectivity index is 2.83. The molecule has 1 nitrogen and oxygen atoms in total. The fourth-order valence-corrected chi connectivity index (χ4v) is 2.11. The van der Waals surface area contributed by atoms with Crippen LogP contribution in [0.1, 0.15) is 0 Å². The third kappa shape index (κ3) is 1.46. The van der Waals surface area contributed by atoms with Gasteiger partial charge in [0.1, 0.15) is 0 Å². The molecule has 0 spiro atoms. The summed E-state index contributed by atoms with van der Waals surface area (Å²) in [6.07, 6.45) is 0. The summed E-state index contributed by atoms with van der Waals surface area (Å²) in [4.78, 5) is 3.12. The Bertz CT molecular complexity index is 463. The molecule has 0 heterocycles. The molecule has 0 aliphatic heterocycles. The van der Waals surface area contributed by atoms with E-state index in [9.17, 15) is 0 Å².